The molecule has 1 unspecified atom stereocenters. The molecule has 0 saturated carbocycles. The van der Waals surface area contributed by atoms with Crippen LogP contribution in [-0.2, 0) is 0 Å². The fourth-order valence-electron chi connectivity index (χ4n) is 1.76. The first-order valence-electron chi connectivity index (χ1n) is 5.11. The minimum Gasteiger partial charge on any atom is -0.494 e. The number of methoxy groups -OCH3 is 1. The third kappa shape index (κ3) is 2.18. The van der Waals surface area contributed by atoms with Gasteiger partial charge in [-0.3, -0.25) is 0 Å². The van der Waals surface area contributed by atoms with Gasteiger partial charge in [-0.2, -0.15) is 0 Å². The first-order valence-corrected chi connectivity index (χ1v) is 5.11. The van der Waals surface area contributed by atoms with Crippen molar-refractivity contribution in [3.63, 3.8) is 0 Å². The highest BCUT2D eigenvalue weighted by atomic mass is 16.5. The van der Waals surface area contributed by atoms with Crippen LogP contribution in [0.3, 0.4) is 0 Å². The van der Waals surface area contributed by atoms with Gasteiger partial charge in [-0.15, -0.1) is 0 Å². The van der Waals surface area contributed by atoms with Crippen LogP contribution in [0.2, 0.25) is 0 Å². The van der Waals surface area contributed by atoms with E-state index in [1.54, 1.807) is 19.5 Å². The van der Waals surface area contributed by atoms with Gasteiger partial charge in [0.05, 0.1) is 19.5 Å². The van der Waals surface area contributed by atoms with Gasteiger partial charge in [-0.1, -0.05) is 0 Å². The number of ether oxygens (including phenoxy) is 1. The molecule has 1 aromatic rings. The quantitative estimate of drug-likeness (QED) is 0.773. The predicted octanol–water partition coefficient (Wildman–Crippen LogP) is 0.283. The average Bonchev–Trinajstić information content (AvgIpc) is 2.78. The molecule has 0 amide bonds. The predicted molar refractivity (Wildman–Crippen MR) is 58.3 cm³/mol. The van der Waals surface area contributed by atoms with Crippen molar-refractivity contribution in [1.82, 2.24) is 15.3 Å². The van der Waals surface area contributed by atoms with E-state index in [1.807, 2.05) is 7.05 Å². The fourth-order valence-corrected chi connectivity index (χ4v) is 1.76. The Morgan fingerprint density at radius 2 is 2.20 bits per heavy atom. The molecule has 5 heteroatoms. The van der Waals surface area contributed by atoms with Crippen molar-refractivity contribution in [2.45, 2.75) is 12.5 Å². The molecule has 0 aliphatic carbocycles. The van der Waals surface area contributed by atoms with E-state index in [2.05, 4.69) is 20.2 Å². The number of nitrogens with one attached hydrogen (secondary N) is 1. The number of hydrogen-bond acceptors (Lipinski definition) is 5. The normalized spacial score (nSPS) is 20.7. The Bertz CT molecular complexity index is 314. The van der Waals surface area contributed by atoms with E-state index in [4.69, 9.17) is 4.74 Å². The Labute approximate surface area is 89.5 Å². The number of nitrogens with zero attached hydrogens (tertiary/aromatic N) is 3. The van der Waals surface area contributed by atoms with Crippen molar-refractivity contribution < 1.29 is 4.74 Å². The zero-order valence-electron chi connectivity index (χ0n) is 9.10. The van der Waals surface area contributed by atoms with E-state index in [0.717, 1.165) is 25.5 Å². The maximum absolute atomic E-state index is 5.02. The van der Waals surface area contributed by atoms with E-state index in [1.165, 1.54) is 0 Å². The smallest absolute Gasteiger partial charge is 0.225 e. The molecule has 1 atom stereocenters. The molecular weight excluding hydrogens is 192 g/mol. The van der Waals surface area contributed by atoms with Crippen molar-refractivity contribution in [2.24, 2.45) is 0 Å². The van der Waals surface area contributed by atoms with Crippen LogP contribution in [0.5, 0.6) is 5.75 Å². The Hall–Kier alpha value is -1.36. The van der Waals surface area contributed by atoms with Crippen LogP contribution >= 0.6 is 0 Å². The van der Waals surface area contributed by atoms with E-state index >= 15 is 0 Å². The standard InChI is InChI=1S/C10H16N4O/c1-11-8-3-4-14(7-8)10-12-5-9(15-2)6-13-10/h5-6,8,11H,3-4,7H2,1-2H3. The first kappa shape index (κ1) is 10.2. The van der Waals surface area contributed by atoms with Crippen molar-refractivity contribution in [1.29, 1.82) is 0 Å². The molecule has 2 heterocycles. The molecule has 1 saturated heterocycles. The summed E-state index contributed by atoms with van der Waals surface area (Å²) < 4.78 is 5.02. The van der Waals surface area contributed by atoms with E-state index in [0.29, 0.717) is 11.8 Å². The van der Waals surface area contributed by atoms with Crippen LogP contribution in [0.15, 0.2) is 12.4 Å². The zero-order valence-corrected chi connectivity index (χ0v) is 9.10. The summed E-state index contributed by atoms with van der Waals surface area (Å²) in [6, 6.07) is 0.552. The SMILES string of the molecule is CNC1CCN(c2ncc(OC)cn2)C1. The molecule has 1 aliphatic rings. The lowest BCUT2D eigenvalue weighted by molar-refractivity contribution is 0.410. The molecule has 1 fully saturated rings. The van der Waals surface area contributed by atoms with E-state index < -0.39 is 0 Å². The minimum atomic E-state index is 0.552. The van der Waals surface area contributed by atoms with Crippen molar-refractivity contribution in [3.05, 3.63) is 12.4 Å². The summed E-state index contributed by atoms with van der Waals surface area (Å²) in [4.78, 5) is 10.7. The molecular formula is C10H16N4O. The second-order valence-corrected chi connectivity index (χ2v) is 3.64. The summed E-state index contributed by atoms with van der Waals surface area (Å²) in [6.45, 7) is 1.99. The van der Waals surface area contributed by atoms with Gasteiger partial charge in [-0.05, 0) is 13.5 Å². The van der Waals surface area contributed by atoms with E-state index in [-0.39, 0.29) is 0 Å². The maximum Gasteiger partial charge on any atom is 0.225 e. The Morgan fingerprint density at radius 1 is 1.47 bits per heavy atom. The molecule has 0 spiro atoms. The molecule has 5 nitrogen and oxygen atoms in total. The van der Waals surface area contributed by atoms with Crippen molar-refractivity contribution in [3.8, 4) is 5.75 Å². The summed E-state index contributed by atoms with van der Waals surface area (Å²) >= 11 is 0. The van der Waals surface area contributed by atoms with Gasteiger partial charge in [0, 0.05) is 19.1 Å². The van der Waals surface area contributed by atoms with Crippen LogP contribution < -0.4 is 15.0 Å². The van der Waals surface area contributed by atoms with Crippen LogP contribution in [-0.4, -0.2) is 43.3 Å². The van der Waals surface area contributed by atoms with Crippen molar-refractivity contribution >= 4 is 5.95 Å². The van der Waals surface area contributed by atoms with Gasteiger partial charge in [0.25, 0.3) is 0 Å². The number of aromatic nitrogens is 2. The lowest BCUT2D eigenvalue weighted by Crippen LogP contribution is -2.30. The molecule has 82 valence electrons. The van der Waals surface area contributed by atoms with Gasteiger partial charge in [0.1, 0.15) is 0 Å². The number of anilines is 1. The lowest BCUT2D eigenvalue weighted by Gasteiger charge is -2.15. The highest BCUT2D eigenvalue weighted by Gasteiger charge is 2.22. The Kier molecular flexibility index (Phi) is 3.01. The molecule has 15 heavy (non-hydrogen) atoms. The third-order valence-corrected chi connectivity index (χ3v) is 2.73. The largest absolute Gasteiger partial charge is 0.494 e. The third-order valence-electron chi connectivity index (χ3n) is 2.73. The molecule has 2 rings (SSSR count). The summed E-state index contributed by atoms with van der Waals surface area (Å²) in [7, 11) is 3.61. The summed E-state index contributed by atoms with van der Waals surface area (Å²) in [5.41, 5.74) is 0. The monoisotopic (exact) mass is 208 g/mol. The topological polar surface area (TPSA) is 50.3 Å². The Morgan fingerprint density at radius 3 is 2.73 bits per heavy atom. The van der Waals surface area contributed by atoms with Crippen LogP contribution in [0, 0.1) is 0 Å². The maximum atomic E-state index is 5.02. The van der Waals surface area contributed by atoms with Crippen molar-refractivity contribution in [2.75, 3.05) is 32.1 Å². The lowest BCUT2D eigenvalue weighted by atomic mass is 10.3. The van der Waals surface area contributed by atoms with E-state index in [9.17, 15) is 0 Å². The van der Waals surface area contributed by atoms with Gasteiger partial charge >= 0.3 is 0 Å². The second kappa shape index (κ2) is 4.44. The van der Waals surface area contributed by atoms with Crippen LogP contribution in [0.25, 0.3) is 0 Å². The highest BCUT2D eigenvalue weighted by molar-refractivity contribution is 5.33. The van der Waals surface area contributed by atoms with Gasteiger partial charge in [0.2, 0.25) is 5.95 Å². The fraction of sp³-hybridized carbons (Fsp3) is 0.600. The highest BCUT2D eigenvalue weighted by Crippen LogP contribution is 2.17. The first-order chi connectivity index (χ1) is 7.33. The summed E-state index contributed by atoms with van der Waals surface area (Å²) in [5.74, 6) is 1.48. The molecule has 1 aromatic heterocycles. The Balaban J connectivity index is 2.04. The average molecular weight is 208 g/mol. The molecule has 0 bridgehead atoms. The molecule has 1 N–H and O–H groups in total. The molecule has 0 radical (unpaired) electrons. The minimum absolute atomic E-state index is 0.552. The molecule has 0 aromatic carbocycles. The number of rotatable bonds is 3. The molecule has 1 aliphatic heterocycles. The van der Waals surface area contributed by atoms with Crippen LogP contribution in [0.1, 0.15) is 6.42 Å². The second-order valence-electron chi connectivity index (χ2n) is 3.64. The van der Waals surface area contributed by atoms with Crippen LogP contribution in [0.4, 0.5) is 5.95 Å². The zero-order chi connectivity index (χ0) is 10.7. The number of hydrogen-bond donors (Lipinski definition) is 1. The summed E-state index contributed by atoms with van der Waals surface area (Å²) in [6.07, 6.45) is 4.55. The summed E-state index contributed by atoms with van der Waals surface area (Å²) in [5, 5.41) is 3.26. The van der Waals surface area contributed by atoms with Gasteiger partial charge < -0.3 is 15.0 Å². The number of likely N-dealkylation sites (N-methyl/N-ethyl adjacent to an activating group) is 1. The van der Waals surface area contributed by atoms with Gasteiger partial charge in [0.15, 0.2) is 5.75 Å². The van der Waals surface area contributed by atoms with Gasteiger partial charge in [-0.25, -0.2) is 9.97 Å².